The number of benzene rings is 4. The van der Waals surface area contributed by atoms with Gasteiger partial charge in [-0.1, -0.05) is 116 Å². The number of hydrogen-bond acceptors (Lipinski definition) is 6. The SMILES string of the molecule is Cc1c(N(C(=O)CSc2nc3ccccc3s2)C2(C(=O)NC(c3ccccc3)c3ccccc3)CCCC2)c(=O)n(-c2ccccc2)n1C. The Labute approximate surface area is 293 Å². The quantitative estimate of drug-likeness (QED) is 0.151. The molecule has 1 aliphatic rings. The van der Waals surface area contributed by atoms with Gasteiger partial charge in [0.15, 0.2) is 4.34 Å². The van der Waals surface area contributed by atoms with Crippen molar-refractivity contribution in [3.63, 3.8) is 0 Å². The second-order valence-corrected chi connectivity index (χ2v) is 14.6. The molecule has 1 aliphatic carbocycles. The number of fused-ring (bicyclic) bond motifs is 1. The first-order valence-electron chi connectivity index (χ1n) is 16.4. The topological polar surface area (TPSA) is 89.2 Å². The van der Waals surface area contributed by atoms with Crippen molar-refractivity contribution in [2.24, 2.45) is 7.05 Å². The Morgan fingerprint density at radius 1 is 0.878 bits per heavy atom. The summed E-state index contributed by atoms with van der Waals surface area (Å²) < 4.78 is 5.14. The molecule has 6 aromatic rings. The van der Waals surface area contributed by atoms with Crippen LogP contribution in [0.3, 0.4) is 0 Å². The maximum atomic E-state index is 15.0. The van der Waals surface area contributed by atoms with Crippen molar-refractivity contribution >= 4 is 50.8 Å². The number of hydrogen-bond donors (Lipinski definition) is 1. The average Bonchev–Trinajstić information content (AvgIpc) is 3.85. The van der Waals surface area contributed by atoms with Crippen LogP contribution in [-0.2, 0) is 16.6 Å². The lowest BCUT2D eigenvalue weighted by atomic mass is 9.90. The van der Waals surface area contributed by atoms with Gasteiger partial charge in [-0.05, 0) is 55.2 Å². The van der Waals surface area contributed by atoms with E-state index in [9.17, 15) is 14.4 Å². The van der Waals surface area contributed by atoms with Crippen LogP contribution in [0.1, 0.15) is 48.5 Å². The van der Waals surface area contributed by atoms with Crippen molar-refractivity contribution in [3.05, 3.63) is 142 Å². The highest BCUT2D eigenvalue weighted by atomic mass is 32.2. The molecular weight excluding hydrogens is 651 g/mol. The second kappa shape index (κ2) is 13.9. The van der Waals surface area contributed by atoms with Gasteiger partial charge in [-0.3, -0.25) is 24.0 Å². The van der Waals surface area contributed by atoms with Gasteiger partial charge in [0, 0.05) is 7.05 Å². The van der Waals surface area contributed by atoms with Crippen molar-refractivity contribution in [3.8, 4) is 5.69 Å². The minimum atomic E-state index is -1.27. The van der Waals surface area contributed by atoms with E-state index in [1.54, 1.807) is 14.3 Å². The summed E-state index contributed by atoms with van der Waals surface area (Å²) >= 11 is 2.87. The van der Waals surface area contributed by atoms with E-state index < -0.39 is 11.6 Å². The Morgan fingerprint density at radius 3 is 2.06 bits per heavy atom. The number of carbonyl (C=O) groups is 2. The number of carbonyl (C=O) groups excluding carboxylic acids is 2. The highest BCUT2D eigenvalue weighted by molar-refractivity contribution is 8.01. The number of anilines is 1. The van der Waals surface area contributed by atoms with Crippen molar-refractivity contribution in [1.29, 1.82) is 0 Å². The van der Waals surface area contributed by atoms with Gasteiger partial charge in [0.1, 0.15) is 11.2 Å². The van der Waals surface area contributed by atoms with Crippen LogP contribution in [0, 0.1) is 6.92 Å². The molecule has 0 unspecified atom stereocenters. The van der Waals surface area contributed by atoms with Gasteiger partial charge >= 0.3 is 0 Å². The largest absolute Gasteiger partial charge is 0.343 e. The highest BCUT2D eigenvalue weighted by Crippen LogP contribution is 2.41. The number of para-hydroxylation sites is 2. The van der Waals surface area contributed by atoms with Crippen LogP contribution in [0.2, 0.25) is 0 Å². The van der Waals surface area contributed by atoms with Crippen molar-refractivity contribution in [2.75, 3.05) is 10.7 Å². The Bertz CT molecular complexity index is 2080. The molecule has 4 aromatic carbocycles. The van der Waals surface area contributed by atoms with E-state index in [0.29, 0.717) is 24.2 Å². The summed E-state index contributed by atoms with van der Waals surface area (Å²) in [4.78, 5) is 50.6. The van der Waals surface area contributed by atoms with Gasteiger partial charge in [-0.2, -0.15) is 0 Å². The number of thiazole rings is 1. The van der Waals surface area contributed by atoms with Crippen LogP contribution in [0.15, 0.2) is 124 Å². The molecule has 49 heavy (non-hydrogen) atoms. The lowest BCUT2D eigenvalue weighted by Gasteiger charge is -2.40. The third-order valence-electron chi connectivity index (χ3n) is 9.41. The highest BCUT2D eigenvalue weighted by Gasteiger charge is 2.51. The lowest BCUT2D eigenvalue weighted by Crippen LogP contribution is -2.61. The molecule has 0 bridgehead atoms. The molecule has 1 saturated carbocycles. The summed E-state index contributed by atoms with van der Waals surface area (Å²) in [5.74, 6) is -0.548. The summed E-state index contributed by atoms with van der Waals surface area (Å²) in [6.45, 7) is 1.84. The zero-order valence-corrected chi connectivity index (χ0v) is 29.0. The van der Waals surface area contributed by atoms with Crippen molar-refractivity contribution in [2.45, 2.75) is 48.5 Å². The van der Waals surface area contributed by atoms with Gasteiger partial charge in [0.05, 0.1) is 33.4 Å². The van der Waals surface area contributed by atoms with E-state index in [-0.39, 0.29) is 28.8 Å². The molecule has 0 atom stereocenters. The fraction of sp³-hybridized carbons (Fsp3) is 0.231. The molecule has 10 heteroatoms. The third-order valence-corrected chi connectivity index (χ3v) is 11.6. The average molecular weight is 688 g/mol. The molecule has 0 aliphatic heterocycles. The maximum Gasteiger partial charge on any atom is 0.295 e. The molecule has 1 fully saturated rings. The van der Waals surface area contributed by atoms with Gasteiger partial charge in [0.25, 0.3) is 5.56 Å². The zero-order chi connectivity index (χ0) is 34.0. The molecule has 0 saturated heterocycles. The molecule has 2 heterocycles. The third kappa shape index (κ3) is 6.22. The molecule has 8 nitrogen and oxygen atoms in total. The number of aromatic nitrogens is 3. The number of rotatable bonds is 10. The van der Waals surface area contributed by atoms with Crippen molar-refractivity contribution < 1.29 is 9.59 Å². The number of amides is 2. The number of nitrogens with zero attached hydrogens (tertiary/aromatic N) is 4. The second-order valence-electron chi connectivity index (χ2n) is 12.3. The Balaban J connectivity index is 1.32. The zero-order valence-electron chi connectivity index (χ0n) is 27.4. The smallest absolute Gasteiger partial charge is 0.295 e. The van der Waals surface area contributed by atoms with Crippen LogP contribution in [0.4, 0.5) is 5.69 Å². The summed E-state index contributed by atoms with van der Waals surface area (Å²) in [7, 11) is 1.81. The molecule has 1 N–H and O–H groups in total. The minimum Gasteiger partial charge on any atom is -0.343 e. The predicted molar refractivity (Wildman–Crippen MR) is 198 cm³/mol. The Morgan fingerprint density at radius 2 is 1.45 bits per heavy atom. The first-order chi connectivity index (χ1) is 23.9. The molecule has 2 aromatic heterocycles. The molecule has 0 radical (unpaired) electrons. The van der Waals surface area contributed by atoms with E-state index in [1.807, 2.05) is 129 Å². The van der Waals surface area contributed by atoms with Crippen LogP contribution >= 0.6 is 23.1 Å². The monoisotopic (exact) mass is 687 g/mol. The first-order valence-corrected chi connectivity index (χ1v) is 18.2. The minimum absolute atomic E-state index is 0.0226. The molecule has 0 spiro atoms. The van der Waals surface area contributed by atoms with Crippen LogP contribution < -0.4 is 15.8 Å². The molecule has 2 amide bonds. The van der Waals surface area contributed by atoms with E-state index in [4.69, 9.17) is 4.98 Å². The van der Waals surface area contributed by atoms with E-state index >= 15 is 0 Å². The van der Waals surface area contributed by atoms with Gasteiger partial charge in [-0.25, -0.2) is 9.67 Å². The standard InChI is InChI=1S/C39H37N5O3S2/c1-27-35(36(46)44(42(27)2)30-20-10-5-11-21-30)43(33(45)26-48-38-40-31-22-12-13-23-32(31)49-38)39(24-14-15-25-39)37(47)41-34(28-16-6-3-7-17-28)29-18-8-4-9-19-29/h3-13,16-23,34H,14-15,24-26H2,1-2H3,(H,41,47). The molecule has 7 rings (SSSR count). The Kier molecular flexibility index (Phi) is 9.25. The first kappa shape index (κ1) is 32.6. The van der Waals surface area contributed by atoms with Gasteiger partial charge < -0.3 is 5.32 Å². The van der Waals surface area contributed by atoms with Crippen molar-refractivity contribution in [1.82, 2.24) is 19.7 Å². The molecular formula is C39H37N5O3S2. The van der Waals surface area contributed by atoms with Crippen LogP contribution in [-0.4, -0.2) is 37.5 Å². The van der Waals surface area contributed by atoms with Crippen LogP contribution in [0.5, 0.6) is 0 Å². The van der Waals surface area contributed by atoms with Gasteiger partial charge in [-0.15, -0.1) is 11.3 Å². The fourth-order valence-electron chi connectivity index (χ4n) is 6.92. The number of thioether (sulfide) groups is 1. The summed E-state index contributed by atoms with van der Waals surface area (Å²) in [5, 5.41) is 3.36. The molecule has 248 valence electrons. The fourth-order valence-corrected chi connectivity index (χ4v) is 8.84. The lowest BCUT2D eigenvalue weighted by molar-refractivity contribution is -0.130. The van der Waals surface area contributed by atoms with Gasteiger partial charge in [0.2, 0.25) is 11.8 Å². The summed E-state index contributed by atoms with van der Waals surface area (Å²) in [6, 6.07) is 36.5. The van der Waals surface area contributed by atoms with E-state index in [0.717, 1.165) is 38.5 Å². The normalized spacial score (nSPS) is 13.9. The van der Waals surface area contributed by atoms with E-state index in [2.05, 4.69) is 5.32 Å². The Hall–Kier alpha value is -4.93. The van der Waals surface area contributed by atoms with E-state index in [1.165, 1.54) is 23.1 Å². The summed E-state index contributed by atoms with van der Waals surface area (Å²) in [6.07, 6.45) is 2.38. The van der Waals surface area contributed by atoms with Crippen LogP contribution in [0.25, 0.3) is 15.9 Å². The maximum absolute atomic E-state index is 15.0. The number of nitrogens with one attached hydrogen (secondary N) is 1. The predicted octanol–water partition coefficient (Wildman–Crippen LogP) is 7.44. The summed E-state index contributed by atoms with van der Waals surface area (Å²) in [5.41, 5.74) is 2.65.